The minimum absolute atomic E-state index is 0.251. The number of allylic oxidation sites excluding steroid dienone is 1. The third-order valence-corrected chi connectivity index (χ3v) is 19.6. The first-order valence-electron chi connectivity index (χ1n) is 32.1. The zero-order chi connectivity index (χ0) is 62.4. The molecule has 5 aliphatic rings. The Labute approximate surface area is 531 Å². The third kappa shape index (κ3) is 9.73. The molecule has 22 heteroatoms. The van der Waals surface area contributed by atoms with E-state index in [4.69, 9.17) is 42.9 Å². The largest absolute Gasteiger partial charge is 0.382 e. The number of aromatic amines is 3. The van der Waals surface area contributed by atoms with Gasteiger partial charge in [-0.15, -0.1) is 0 Å². The van der Waals surface area contributed by atoms with Crippen molar-refractivity contribution in [2.75, 3.05) is 22.9 Å². The van der Waals surface area contributed by atoms with E-state index in [-0.39, 0.29) is 5.82 Å². The number of hydrogen-bond donors (Lipinski definition) is 7. The summed E-state index contributed by atoms with van der Waals surface area (Å²) >= 11 is 0. The zero-order valence-corrected chi connectivity index (χ0v) is 50.9. The van der Waals surface area contributed by atoms with Gasteiger partial charge in [0.25, 0.3) is 0 Å². The van der Waals surface area contributed by atoms with Crippen molar-refractivity contribution in [3.63, 3.8) is 0 Å². The van der Waals surface area contributed by atoms with Crippen molar-refractivity contribution >= 4 is 84.1 Å². The van der Waals surface area contributed by atoms with E-state index in [1.165, 1.54) is 98.1 Å². The smallest absolute Gasteiger partial charge is 0.153 e. The second-order valence-electron chi connectivity index (χ2n) is 25.1. The molecular weight excluding hydrogens is 1170 g/mol. The summed E-state index contributed by atoms with van der Waals surface area (Å²) in [5, 5.41) is 12.0. The van der Waals surface area contributed by atoms with Crippen molar-refractivity contribution < 1.29 is 4.39 Å². The molecule has 5 aliphatic carbocycles. The number of hydrogen-bond acceptors (Lipinski definition) is 14. The molecule has 11 heterocycles. The number of nitrogens with zero attached hydrogens (tertiary/aromatic N) is 14. The van der Waals surface area contributed by atoms with E-state index in [1.54, 1.807) is 18.5 Å². The summed E-state index contributed by atoms with van der Waals surface area (Å²) < 4.78 is 21.4. The fourth-order valence-electron chi connectivity index (χ4n) is 13.7. The standard InChI is InChI=1S/C18H16FN5.2C18H17N5.C17H16N6/c19-12-4-5-13-11(8-12)9-14(22-13)15-16-17(20)21-6-7-24(16)18(23-15)10-2-1-3-10;19-17-16-15(14-8-7-11-3-1-6-13(11)9-14)22-18(12-4-2-5-12)23(16)21-10-20-17;19-17-16-15(14-10-12-4-1-2-7-13(12)21-14)22-18(11-5-3-6-11)23(16)9-8-20-17;18-16-15-14(12-5-4-10-6-7-19-13(10)8-12)22-17(11-2-1-3-11)23(15)21-9-20-16/h4-10,22H,1-3H2,(H2,20,21);1,6-10,12H,2-5H2,(H2,19,20,21);1-2,4,7-11,21H,3,5-6H2,(H2,19,20);4-9,11,19H,1-3H2,(H2,18,20,21). The maximum Gasteiger partial charge on any atom is 0.153 e. The number of nitrogens with two attached hydrogens (primary N) is 4. The fourth-order valence-corrected chi connectivity index (χ4v) is 13.7. The Morgan fingerprint density at radius 3 is 1.54 bits per heavy atom. The number of imidazole rings is 4. The average Bonchev–Trinajstić information content (AvgIpc) is 1.64. The van der Waals surface area contributed by atoms with E-state index in [0.717, 1.165) is 145 Å². The molecule has 20 rings (SSSR count). The lowest BCUT2D eigenvalue weighted by Gasteiger charge is -2.23. The molecule has 93 heavy (non-hydrogen) atoms. The third-order valence-electron chi connectivity index (χ3n) is 19.6. The molecule has 4 aromatic carbocycles. The van der Waals surface area contributed by atoms with Crippen LogP contribution < -0.4 is 22.9 Å². The summed E-state index contributed by atoms with van der Waals surface area (Å²) in [5.41, 5.74) is 41.0. The number of aromatic nitrogens is 17. The van der Waals surface area contributed by atoms with Crippen LogP contribution in [0.2, 0.25) is 0 Å². The van der Waals surface area contributed by atoms with Crippen LogP contribution in [0.1, 0.15) is 135 Å². The lowest BCUT2D eigenvalue weighted by molar-refractivity contribution is 0.396. The number of fused-ring (bicyclic) bond motifs is 8. The van der Waals surface area contributed by atoms with Crippen molar-refractivity contribution in [3.8, 4) is 45.3 Å². The number of H-pyrrole nitrogens is 3. The number of halogens is 1. The van der Waals surface area contributed by atoms with Gasteiger partial charge in [-0.2, -0.15) is 10.2 Å². The molecule has 0 spiro atoms. The molecule has 0 unspecified atom stereocenters. The first-order chi connectivity index (χ1) is 45.6. The SMILES string of the molecule is Nc1nccn2c(C3CCC3)nc(-c3cc4cc(F)ccc4[nH]3)c12.Nc1nccn2c(C3CCC3)nc(-c3cc4ccccc4[nH]3)c12.Nc1ncnn2c(C3CCC3)nc(-c3ccc4c(c3)C=CC4)c12.Nc1ncnn2c(C3CCC3)nc(-c3ccc4cc[nH]c4c3)c12. The van der Waals surface area contributed by atoms with Crippen LogP contribution in [0.3, 0.4) is 0 Å². The Morgan fingerprint density at radius 1 is 0.452 bits per heavy atom. The number of anilines is 4. The predicted molar refractivity (Wildman–Crippen MR) is 362 cm³/mol. The number of rotatable bonds is 8. The molecule has 0 atom stereocenters. The fraction of sp³-hybridized carbons (Fsp3) is 0.239. The Morgan fingerprint density at radius 2 is 0.968 bits per heavy atom. The van der Waals surface area contributed by atoms with Crippen LogP contribution in [0.4, 0.5) is 27.7 Å². The quantitative estimate of drug-likeness (QED) is 0.0744. The molecule has 4 fully saturated rings. The minimum atomic E-state index is -0.251. The number of benzene rings is 4. The van der Waals surface area contributed by atoms with E-state index < -0.39 is 0 Å². The van der Waals surface area contributed by atoms with Crippen molar-refractivity contribution in [2.24, 2.45) is 0 Å². The summed E-state index contributed by atoms with van der Waals surface area (Å²) in [6.45, 7) is 0. The highest BCUT2D eigenvalue weighted by Gasteiger charge is 2.32. The van der Waals surface area contributed by atoms with Crippen LogP contribution in [0, 0.1) is 5.82 Å². The molecular formula is C71H66FN21. The number of nitrogen functional groups attached to an aromatic ring is 4. The van der Waals surface area contributed by atoms with Crippen molar-refractivity contribution in [1.29, 1.82) is 0 Å². The second-order valence-corrected chi connectivity index (χ2v) is 25.1. The van der Waals surface area contributed by atoms with Gasteiger partial charge in [0.1, 0.15) is 98.2 Å². The average molecular weight is 1230 g/mol. The lowest BCUT2D eigenvalue weighted by Crippen LogP contribution is -2.14. The van der Waals surface area contributed by atoms with Gasteiger partial charge in [-0.1, -0.05) is 80.3 Å². The van der Waals surface area contributed by atoms with Gasteiger partial charge in [-0.05, 0) is 129 Å². The molecule has 0 radical (unpaired) electrons. The number of para-hydroxylation sites is 1. The first kappa shape index (κ1) is 55.8. The molecule has 462 valence electrons. The van der Waals surface area contributed by atoms with E-state index in [0.29, 0.717) is 46.9 Å². The molecule has 15 aromatic rings. The lowest BCUT2D eigenvalue weighted by atomic mass is 9.85. The summed E-state index contributed by atoms with van der Waals surface area (Å²) in [4.78, 5) is 46.5. The predicted octanol–water partition coefficient (Wildman–Crippen LogP) is 13.9. The molecule has 11 N–H and O–H groups in total. The van der Waals surface area contributed by atoms with Crippen LogP contribution in [0.25, 0.3) is 106 Å². The normalized spacial score (nSPS) is 15.6. The van der Waals surface area contributed by atoms with E-state index in [1.807, 2.05) is 50.2 Å². The Balaban J connectivity index is 0.0000000946. The van der Waals surface area contributed by atoms with Crippen LogP contribution in [-0.4, -0.2) is 82.9 Å². The monoisotopic (exact) mass is 1230 g/mol. The van der Waals surface area contributed by atoms with Crippen LogP contribution >= 0.6 is 0 Å². The molecule has 0 aliphatic heterocycles. The maximum atomic E-state index is 13.5. The van der Waals surface area contributed by atoms with Gasteiger partial charge in [-0.25, -0.2) is 53.3 Å². The van der Waals surface area contributed by atoms with E-state index in [2.05, 4.69) is 122 Å². The van der Waals surface area contributed by atoms with Crippen molar-refractivity contribution in [2.45, 2.75) is 107 Å². The Hall–Kier alpha value is -11.3. The molecule has 0 bridgehead atoms. The van der Waals surface area contributed by atoms with Gasteiger partial charge in [0.05, 0.1) is 11.4 Å². The molecule has 11 aromatic heterocycles. The highest BCUT2D eigenvalue weighted by atomic mass is 19.1. The number of nitrogens with one attached hydrogen (secondary N) is 3. The van der Waals surface area contributed by atoms with Crippen LogP contribution in [-0.2, 0) is 6.42 Å². The summed E-state index contributed by atoms with van der Waals surface area (Å²) in [6, 6.07) is 31.8. The minimum Gasteiger partial charge on any atom is -0.382 e. The zero-order valence-electron chi connectivity index (χ0n) is 50.9. The van der Waals surface area contributed by atoms with Gasteiger partial charge in [0.15, 0.2) is 11.6 Å². The molecule has 0 saturated heterocycles. The summed E-state index contributed by atoms with van der Waals surface area (Å²) in [6.07, 6.45) is 32.1. The van der Waals surface area contributed by atoms with Crippen molar-refractivity contribution in [3.05, 3.63) is 187 Å². The highest BCUT2D eigenvalue weighted by Crippen LogP contribution is 2.44. The topological polar surface area (TPSA) is 298 Å². The first-order valence-corrected chi connectivity index (χ1v) is 32.1. The van der Waals surface area contributed by atoms with Crippen molar-refractivity contribution in [1.82, 2.24) is 82.9 Å². The highest BCUT2D eigenvalue weighted by molar-refractivity contribution is 5.94. The van der Waals surface area contributed by atoms with Gasteiger partial charge >= 0.3 is 0 Å². The van der Waals surface area contributed by atoms with Gasteiger partial charge in [0, 0.05) is 93.1 Å². The molecule has 21 nitrogen and oxygen atoms in total. The Bertz CT molecular complexity index is 5280. The molecule has 0 amide bonds. The van der Waals surface area contributed by atoms with Gasteiger partial charge < -0.3 is 37.9 Å². The van der Waals surface area contributed by atoms with Crippen LogP contribution in [0.5, 0.6) is 0 Å². The maximum absolute atomic E-state index is 13.5. The van der Waals surface area contributed by atoms with E-state index in [9.17, 15) is 4.39 Å². The van der Waals surface area contributed by atoms with Gasteiger partial charge in [0.2, 0.25) is 0 Å². The Kier molecular flexibility index (Phi) is 13.5. The van der Waals surface area contributed by atoms with Gasteiger partial charge in [-0.3, -0.25) is 8.80 Å². The summed E-state index contributed by atoms with van der Waals surface area (Å²) in [7, 11) is 0. The van der Waals surface area contributed by atoms with Crippen LogP contribution in [0.15, 0.2) is 147 Å². The second kappa shape index (κ2) is 22.6. The summed E-state index contributed by atoms with van der Waals surface area (Å²) in [5.74, 6) is 7.81. The molecule has 4 saturated carbocycles. The van der Waals surface area contributed by atoms with E-state index >= 15 is 0 Å².